The fourth-order valence-corrected chi connectivity index (χ4v) is 3.31. The van der Waals surface area contributed by atoms with E-state index in [1.54, 1.807) is 23.1 Å². The average molecular weight is 402 g/mol. The number of aromatic nitrogens is 2. The molecule has 0 aliphatic heterocycles. The Morgan fingerprint density at radius 2 is 1.83 bits per heavy atom. The maximum absolute atomic E-state index is 12.9. The van der Waals surface area contributed by atoms with E-state index in [1.165, 1.54) is 0 Å². The van der Waals surface area contributed by atoms with Gasteiger partial charge in [0.1, 0.15) is 12.4 Å². The Hall–Kier alpha value is -3.67. The quantitative estimate of drug-likeness (QED) is 0.557. The van der Waals surface area contributed by atoms with Crippen LogP contribution in [0.15, 0.2) is 73.8 Å². The largest absolute Gasteiger partial charge is 0.345 e. The van der Waals surface area contributed by atoms with Crippen LogP contribution < -0.4 is 5.32 Å². The summed E-state index contributed by atoms with van der Waals surface area (Å²) in [4.78, 5) is 31.7. The number of amides is 2. The van der Waals surface area contributed by atoms with Crippen molar-refractivity contribution in [2.24, 2.45) is 0 Å². The zero-order valence-corrected chi connectivity index (χ0v) is 17.2. The van der Waals surface area contributed by atoms with Crippen LogP contribution >= 0.6 is 0 Å². The van der Waals surface area contributed by atoms with Crippen molar-refractivity contribution < 1.29 is 9.59 Å². The molecule has 1 aromatic heterocycles. The van der Waals surface area contributed by atoms with Crippen molar-refractivity contribution in [1.82, 2.24) is 19.8 Å². The lowest BCUT2D eigenvalue weighted by Gasteiger charge is -2.20. The lowest BCUT2D eigenvalue weighted by atomic mass is 10.1. The first-order valence-electron chi connectivity index (χ1n) is 9.82. The summed E-state index contributed by atoms with van der Waals surface area (Å²) in [5.41, 5.74) is 3.24. The van der Waals surface area contributed by atoms with Crippen molar-refractivity contribution in [2.75, 3.05) is 13.1 Å². The van der Waals surface area contributed by atoms with E-state index in [9.17, 15) is 9.59 Å². The van der Waals surface area contributed by atoms with E-state index in [1.807, 2.05) is 54.0 Å². The van der Waals surface area contributed by atoms with Gasteiger partial charge in [0.15, 0.2) is 0 Å². The lowest BCUT2D eigenvalue weighted by molar-refractivity contribution is -0.130. The molecule has 154 valence electrons. The molecule has 0 atom stereocenters. The lowest BCUT2D eigenvalue weighted by Crippen LogP contribution is -2.35. The van der Waals surface area contributed by atoms with Gasteiger partial charge in [0, 0.05) is 18.7 Å². The van der Waals surface area contributed by atoms with Crippen LogP contribution in [0.2, 0.25) is 0 Å². The van der Waals surface area contributed by atoms with E-state index < -0.39 is 0 Å². The molecule has 2 aromatic carbocycles. The second-order valence-corrected chi connectivity index (χ2v) is 7.03. The van der Waals surface area contributed by atoms with Crippen LogP contribution in [0.5, 0.6) is 0 Å². The minimum Gasteiger partial charge on any atom is -0.345 e. The maximum Gasteiger partial charge on any atom is 0.251 e. The minimum atomic E-state index is -0.177. The molecule has 0 fully saturated rings. The molecule has 3 aromatic rings. The molecule has 1 N–H and O–H groups in total. The van der Waals surface area contributed by atoms with Crippen LogP contribution in [-0.4, -0.2) is 39.4 Å². The number of fused-ring (bicyclic) bond motifs is 1. The topological polar surface area (TPSA) is 67.2 Å². The highest BCUT2D eigenvalue weighted by Crippen LogP contribution is 2.17. The highest BCUT2D eigenvalue weighted by atomic mass is 16.2. The number of aryl methyl sites for hydroxylation is 1. The van der Waals surface area contributed by atoms with Crippen molar-refractivity contribution in [3.63, 3.8) is 0 Å². The zero-order chi connectivity index (χ0) is 21.5. The fraction of sp³-hybridized carbons (Fsp3) is 0.208. The van der Waals surface area contributed by atoms with Gasteiger partial charge in [-0.15, -0.1) is 13.2 Å². The molecule has 0 spiro atoms. The molecule has 0 radical (unpaired) electrons. The van der Waals surface area contributed by atoms with Crippen molar-refractivity contribution in [3.05, 3.63) is 90.8 Å². The molecule has 2 amide bonds. The molecule has 0 unspecified atom stereocenters. The number of benzene rings is 2. The Morgan fingerprint density at radius 3 is 2.53 bits per heavy atom. The molecule has 6 heteroatoms. The molecule has 0 saturated heterocycles. The first-order chi connectivity index (χ1) is 14.5. The van der Waals surface area contributed by atoms with Crippen LogP contribution in [0.3, 0.4) is 0 Å². The van der Waals surface area contributed by atoms with E-state index >= 15 is 0 Å². The van der Waals surface area contributed by atoms with Gasteiger partial charge >= 0.3 is 0 Å². The highest BCUT2D eigenvalue weighted by molar-refractivity contribution is 5.94. The SMILES string of the molecule is C=CCN(CC=C)C(=O)Cn1c(CNC(=O)c2cccc(C)c2)nc2ccccc21. The summed E-state index contributed by atoms with van der Waals surface area (Å²) >= 11 is 0. The van der Waals surface area contributed by atoms with E-state index in [0.717, 1.165) is 16.6 Å². The van der Waals surface area contributed by atoms with Gasteiger partial charge in [-0.25, -0.2) is 4.98 Å². The van der Waals surface area contributed by atoms with E-state index in [0.29, 0.717) is 24.5 Å². The summed E-state index contributed by atoms with van der Waals surface area (Å²) in [6.07, 6.45) is 3.38. The first kappa shape index (κ1) is 21.0. The molecule has 0 aliphatic rings. The monoisotopic (exact) mass is 402 g/mol. The number of rotatable bonds is 9. The van der Waals surface area contributed by atoms with E-state index in [4.69, 9.17) is 0 Å². The van der Waals surface area contributed by atoms with Crippen molar-refractivity contribution in [2.45, 2.75) is 20.0 Å². The average Bonchev–Trinajstić information content (AvgIpc) is 3.09. The van der Waals surface area contributed by atoms with E-state index in [2.05, 4.69) is 23.5 Å². The summed E-state index contributed by atoms with van der Waals surface area (Å²) in [6.45, 7) is 10.6. The number of hydrogen-bond donors (Lipinski definition) is 1. The van der Waals surface area contributed by atoms with Crippen LogP contribution in [0.25, 0.3) is 11.0 Å². The van der Waals surface area contributed by atoms with Gasteiger partial charge in [0.25, 0.3) is 5.91 Å². The number of carbonyl (C=O) groups is 2. The molecular weight excluding hydrogens is 376 g/mol. The standard InChI is InChI=1S/C24H26N4O2/c1-4-13-27(14-5-2)23(29)17-28-21-12-7-6-11-20(21)26-22(28)16-25-24(30)19-10-8-9-18(3)15-19/h4-12,15H,1-2,13-14,16-17H2,3H3,(H,25,30). The molecule has 0 aliphatic carbocycles. The Labute approximate surface area is 176 Å². The van der Waals surface area contributed by atoms with Crippen LogP contribution in [0.1, 0.15) is 21.7 Å². The Balaban J connectivity index is 1.84. The molecule has 1 heterocycles. The summed E-state index contributed by atoms with van der Waals surface area (Å²) in [7, 11) is 0. The van der Waals surface area contributed by atoms with Gasteiger partial charge < -0.3 is 14.8 Å². The minimum absolute atomic E-state index is 0.0655. The Morgan fingerprint density at radius 1 is 1.10 bits per heavy atom. The van der Waals surface area contributed by atoms with Gasteiger partial charge in [0.2, 0.25) is 5.91 Å². The number of nitrogens with one attached hydrogen (secondary N) is 1. The second-order valence-electron chi connectivity index (χ2n) is 7.03. The number of imidazole rings is 1. The van der Waals surface area contributed by atoms with Crippen LogP contribution in [0.4, 0.5) is 0 Å². The number of nitrogens with zero attached hydrogens (tertiary/aromatic N) is 3. The Kier molecular flexibility index (Phi) is 6.80. The number of hydrogen-bond acceptors (Lipinski definition) is 3. The maximum atomic E-state index is 12.9. The Bertz CT molecular complexity index is 1070. The van der Waals surface area contributed by atoms with Gasteiger partial charge in [-0.1, -0.05) is 42.0 Å². The predicted octanol–water partition coefficient (Wildman–Crippen LogP) is 3.48. The molecule has 0 bridgehead atoms. The van der Waals surface area contributed by atoms with Crippen molar-refractivity contribution >= 4 is 22.8 Å². The van der Waals surface area contributed by atoms with E-state index in [-0.39, 0.29) is 24.9 Å². The second kappa shape index (κ2) is 9.69. The first-order valence-corrected chi connectivity index (χ1v) is 9.82. The third-order valence-electron chi connectivity index (χ3n) is 4.77. The fourth-order valence-electron chi connectivity index (χ4n) is 3.31. The summed E-state index contributed by atoms with van der Waals surface area (Å²) < 4.78 is 1.85. The van der Waals surface area contributed by atoms with Gasteiger partial charge in [-0.05, 0) is 31.2 Å². The molecule has 0 saturated carbocycles. The molecule has 30 heavy (non-hydrogen) atoms. The predicted molar refractivity (Wildman–Crippen MR) is 119 cm³/mol. The third kappa shape index (κ3) is 4.84. The highest BCUT2D eigenvalue weighted by Gasteiger charge is 2.18. The van der Waals surface area contributed by atoms with Crippen molar-refractivity contribution in [3.8, 4) is 0 Å². The molecular formula is C24H26N4O2. The zero-order valence-electron chi connectivity index (χ0n) is 17.2. The summed E-state index contributed by atoms with van der Waals surface area (Å²) in [5.74, 6) is 0.385. The van der Waals surface area contributed by atoms with Gasteiger partial charge in [-0.2, -0.15) is 0 Å². The smallest absolute Gasteiger partial charge is 0.251 e. The molecule has 3 rings (SSSR count). The van der Waals surface area contributed by atoms with Gasteiger partial charge in [0.05, 0.1) is 17.6 Å². The number of carbonyl (C=O) groups excluding carboxylic acids is 2. The van der Waals surface area contributed by atoms with Crippen molar-refractivity contribution in [1.29, 1.82) is 0 Å². The summed E-state index contributed by atoms with van der Waals surface area (Å²) in [5, 5.41) is 2.92. The van der Waals surface area contributed by atoms with Gasteiger partial charge in [-0.3, -0.25) is 9.59 Å². The molecule has 6 nitrogen and oxygen atoms in total. The number of para-hydroxylation sites is 2. The van der Waals surface area contributed by atoms with Crippen LogP contribution in [0, 0.1) is 6.92 Å². The third-order valence-corrected chi connectivity index (χ3v) is 4.77. The normalized spacial score (nSPS) is 10.6. The summed E-state index contributed by atoms with van der Waals surface area (Å²) in [6, 6.07) is 15.0. The van der Waals surface area contributed by atoms with Crippen LogP contribution in [-0.2, 0) is 17.9 Å².